The fourth-order valence-corrected chi connectivity index (χ4v) is 4.36. The Balaban J connectivity index is 1.54. The Bertz CT molecular complexity index is 1030. The van der Waals surface area contributed by atoms with Crippen LogP contribution in [0.2, 0.25) is 0 Å². The summed E-state index contributed by atoms with van der Waals surface area (Å²) < 4.78 is 6.18. The molecular formula is C28H31NO2. The summed E-state index contributed by atoms with van der Waals surface area (Å²) in [6, 6.07) is 24.5. The number of carbonyl (C=O) groups excluding carboxylic acids is 1. The maximum atomic E-state index is 13.3. The molecule has 0 unspecified atom stereocenters. The number of aryl methyl sites for hydroxylation is 3. The molecule has 1 aliphatic rings. The first kappa shape index (κ1) is 21.2. The average molecular weight is 414 g/mol. The van der Waals surface area contributed by atoms with E-state index in [2.05, 4.69) is 54.7 Å². The minimum atomic E-state index is -0.530. The predicted octanol–water partition coefficient (Wildman–Crippen LogP) is 5.94. The van der Waals surface area contributed by atoms with E-state index >= 15 is 0 Å². The van der Waals surface area contributed by atoms with Crippen LogP contribution in [0.15, 0.2) is 72.8 Å². The summed E-state index contributed by atoms with van der Waals surface area (Å²) in [6.45, 7) is 4.06. The molecule has 0 bridgehead atoms. The van der Waals surface area contributed by atoms with Gasteiger partial charge < -0.3 is 10.1 Å². The molecule has 3 nitrogen and oxygen atoms in total. The van der Waals surface area contributed by atoms with Gasteiger partial charge in [-0.2, -0.15) is 0 Å². The molecule has 2 atom stereocenters. The first-order chi connectivity index (χ1) is 15.1. The number of fused-ring (bicyclic) bond motifs is 1. The van der Waals surface area contributed by atoms with Gasteiger partial charge in [0.1, 0.15) is 5.75 Å². The van der Waals surface area contributed by atoms with Gasteiger partial charge in [-0.1, -0.05) is 73.2 Å². The van der Waals surface area contributed by atoms with E-state index in [0.717, 1.165) is 29.7 Å². The second-order valence-electron chi connectivity index (χ2n) is 8.42. The third-order valence-corrected chi connectivity index (χ3v) is 6.06. The molecule has 160 valence electrons. The van der Waals surface area contributed by atoms with Gasteiger partial charge in [0.25, 0.3) is 5.91 Å². The largest absolute Gasteiger partial charge is 0.481 e. The number of hydrogen-bond acceptors (Lipinski definition) is 2. The number of carbonyl (C=O) groups is 1. The molecule has 0 fully saturated rings. The Kier molecular flexibility index (Phi) is 6.71. The number of amides is 1. The standard InChI is InChI=1S/C28H31NO2/c1-3-26(31-25-17-16-21-11-7-8-14-23(21)19-25)28(30)29-27(22-12-5-4-6-13-22)24-15-9-10-20(2)18-24/h4-6,9-10,12-13,15-19,26-27H,3,7-8,11,14H2,1-2H3,(H,29,30)/t26-,27+/m0/s1. The molecule has 0 heterocycles. The molecule has 31 heavy (non-hydrogen) atoms. The SMILES string of the molecule is CC[C@H](Oc1ccc2c(c1)CCCC2)C(=O)N[C@H](c1ccccc1)c1cccc(C)c1. The van der Waals surface area contributed by atoms with E-state index in [0.29, 0.717) is 6.42 Å². The highest BCUT2D eigenvalue weighted by molar-refractivity contribution is 5.82. The molecule has 0 radical (unpaired) electrons. The Morgan fingerprint density at radius 3 is 2.39 bits per heavy atom. The molecule has 3 aromatic rings. The normalized spacial score (nSPS) is 14.9. The van der Waals surface area contributed by atoms with Crippen molar-refractivity contribution >= 4 is 5.91 Å². The molecule has 0 aromatic heterocycles. The number of benzene rings is 3. The van der Waals surface area contributed by atoms with Crippen molar-refractivity contribution in [3.63, 3.8) is 0 Å². The van der Waals surface area contributed by atoms with Gasteiger partial charge in [0, 0.05) is 0 Å². The monoisotopic (exact) mass is 413 g/mol. The van der Waals surface area contributed by atoms with E-state index < -0.39 is 6.10 Å². The molecule has 4 rings (SSSR count). The second-order valence-corrected chi connectivity index (χ2v) is 8.42. The van der Waals surface area contributed by atoms with Crippen molar-refractivity contribution in [2.75, 3.05) is 0 Å². The topological polar surface area (TPSA) is 38.3 Å². The third-order valence-electron chi connectivity index (χ3n) is 6.06. The zero-order valence-corrected chi connectivity index (χ0v) is 18.4. The van der Waals surface area contributed by atoms with E-state index in [1.54, 1.807) is 0 Å². The summed E-state index contributed by atoms with van der Waals surface area (Å²) in [6.07, 6.45) is 4.80. The highest BCUT2D eigenvalue weighted by Crippen LogP contribution is 2.27. The van der Waals surface area contributed by atoms with E-state index in [4.69, 9.17) is 4.74 Å². The van der Waals surface area contributed by atoms with Gasteiger partial charge in [-0.3, -0.25) is 4.79 Å². The number of ether oxygens (including phenoxy) is 1. The summed E-state index contributed by atoms with van der Waals surface area (Å²) in [5, 5.41) is 3.25. The molecule has 0 aliphatic heterocycles. The van der Waals surface area contributed by atoms with Crippen LogP contribution in [0.25, 0.3) is 0 Å². The minimum Gasteiger partial charge on any atom is -0.481 e. The Labute approximate surface area is 185 Å². The lowest BCUT2D eigenvalue weighted by molar-refractivity contribution is -0.128. The first-order valence-electron chi connectivity index (χ1n) is 11.3. The highest BCUT2D eigenvalue weighted by Gasteiger charge is 2.24. The fraction of sp³-hybridized carbons (Fsp3) is 0.321. The van der Waals surface area contributed by atoms with Crippen LogP contribution in [-0.4, -0.2) is 12.0 Å². The van der Waals surface area contributed by atoms with Crippen molar-refractivity contribution in [1.82, 2.24) is 5.32 Å². The van der Waals surface area contributed by atoms with Crippen LogP contribution >= 0.6 is 0 Å². The van der Waals surface area contributed by atoms with E-state index in [9.17, 15) is 4.79 Å². The molecule has 0 saturated carbocycles. The van der Waals surface area contributed by atoms with E-state index in [1.165, 1.54) is 29.5 Å². The molecule has 1 amide bonds. The van der Waals surface area contributed by atoms with Crippen molar-refractivity contribution in [2.45, 2.75) is 58.1 Å². The van der Waals surface area contributed by atoms with Crippen LogP contribution in [0.1, 0.15) is 60.0 Å². The lowest BCUT2D eigenvalue weighted by Gasteiger charge is -2.24. The van der Waals surface area contributed by atoms with Gasteiger partial charge in [0.15, 0.2) is 6.10 Å². The Morgan fingerprint density at radius 2 is 1.65 bits per heavy atom. The molecule has 1 N–H and O–H groups in total. The first-order valence-corrected chi connectivity index (χ1v) is 11.3. The highest BCUT2D eigenvalue weighted by atomic mass is 16.5. The summed E-state index contributed by atoms with van der Waals surface area (Å²) in [5.74, 6) is 0.699. The van der Waals surface area contributed by atoms with Crippen LogP contribution in [0.4, 0.5) is 0 Å². The van der Waals surface area contributed by atoms with E-state index in [-0.39, 0.29) is 11.9 Å². The number of nitrogens with one attached hydrogen (secondary N) is 1. The lowest BCUT2D eigenvalue weighted by atomic mass is 9.92. The van der Waals surface area contributed by atoms with Gasteiger partial charge in [-0.05, 0) is 73.4 Å². The maximum absolute atomic E-state index is 13.3. The third kappa shape index (κ3) is 5.16. The van der Waals surface area contributed by atoms with Crippen molar-refractivity contribution in [2.24, 2.45) is 0 Å². The summed E-state index contributed by atoms with van der Waals surface area (Å²) in [5.41, 5.74) is 6.08. The quantitative estimate of drug-likeness (QED) is 0.521. The van der Waals surface area contributed by atoms with Gasteiger partial charge >= 0.3 is 0 Å². The van der Waals surface area contributed by atoms with Gasteiger partial charge in [-0.15, -0.1) is 0 Å². The fourth-order valence-electron chi connectivity index (χ4n) is 4.36. The average Bonchev–Trinajstić information content (AvgIpc) is 2.81. The predicted molar refractivity (Wildman–Crippen MR) is 125 cm³/mol. The van der Waals surface area contributed by atoms with Crippen molar-refractivity contribution in [3.8, 4) is 5.75 Å². The Hall–Kier alpha value is -3.07. The van der Waals surface area contributed by atoms with Crippen molar-refractivity contribution in [3.05, 3.63) is 101 Å². The number of hydrogen-bond donors (Lipinski definition) is 1. The van der Waals surface area contributed by atoms with Crippen LogP contribution in [0, 0.1) is 6.92 Å². The van der Waals surface area contributed by atoms with Crippen LogP contribution in [0.3, 0.4) is 0 Å². The van der Waals surface area contributed by atoms with Crippen molar-refractivity contribution in [1.29, 1.82) is 0 Å². The second kappa shape index (κ2) is 9.82. The summed E-state index contributed by atoms with van der Waals surface area (Å²) in [7, 11) is 0. The number of rotatable bonds is 7. The van der Waals surface area contributed by atoms with Gasteiger partial charge in [-0.25, -0.2) is 0 Å². The molecular weight excluding hydrogens is 382 g/mol. The smallest absolute Gasteiger partial charge is 0.261 e. The van der Waals surface area contributed by atoms with E-state index in [1.807, 2.05) is 37.3 Å². The zero-order chi connectivity index (χ0) is 21.6. The lowest BCUT2D eigenvalue weighted by Crippen LogP contribution is -2.40. The maximum Gasteiger partial charge on any atom is 0.261 e. The van der Waals surface area contributed by atoms with Crippen molar-refractivity contribution < 1.29 is 9.53 Å². The van der Waals surface area contributed by atoms with Gasteiger partial charge in [0.05, 0.1) is 6.04 Å². The zero-order valence-electron chi connectivity index (χ0n) is 18.4. The summed E-state index contributed by atoms with van der Waals surface area (Å²) >= 11 is 0. The summed E-state index contributed by atoms with van der Waals surface area (Å²) in [4.78, 5) is 13.3. The minimum absolute atomic E-state index is 0.0874. The molecule has 3 heteroatoms. The van der Waals surface area contributed by atoms with Crippen LogP contribution in [0.5, 0.6) is 5.75 Å². The Morgan fingerprint density at radius 1 is 0.903 bits per heavy atom. The molecule has 3 aromatic carbocycles. The molecule has 0 saturated heterocycles. The molecule has 0 spiro atoms. The van der Waals surface area contributed by atoms with Gasteiger partial charge in [0.2, 0.25) is 0 Å². The molecule has 1 aliphatic carbocycles. The van der Waals surface area contributed by atoms with Crippen LogP contribution in [-0.2, 0) is 17.6 Å². The van der Waals surface area contributed by atoms with Crippen LogP contribution < -0.4 is 10.1 Å².